The summed E-state index contributed by atoms with van der Waals surface area (Å²) >= 11 is 0. The van der Waals surface area contributed by atoms with E-state index in [0.29, 0.717) is 19.3 Å². The summed E-state index contributed by atoms with van der Waals surface area (Å²) in [7, 11) is 0. The molecule has 64 heavy (non-hydrogen) atoms. The molecule has 0 saturated carbocycles. The molecule has 0 aliphatic rings. The Balaban J connectivity index is 4.59. The van der Waals surface area contributed by atoms with Gasteiger partial charge in [-0.3, -0.25) is 9.59 Å². The number of hydrogen-bond acceptors (Lipinski definition) is 5. The summed E-state index contributed by atoms with van der Waals surface area (Å²) in [5.74, 6) is -0.514. The van der Waals surface area contributed by atoms with E-state index in [2.05, 4.69) is 62.5 Å². The normalized spacial score (nSPS) is 13.4. The lowest BCUT2D eigenvalue weighted by molar-refractivity contribution is -0.151. The van der Waals surface area contributed by atoms with E-state index in [1.807, 2.05) is 0 Å². The minimum Gasteiger partial charge on any atom is -0.462 e. The van der Waals surface area contributed by atoms with E-state index >= 15 is 0 Å². The van der Waals surface area contributed by atoms with Crippen molar-refractivity contribution < 1.29 is 24.5 Å². The van der Waals surface area contributed by atoms with Gasteiger partial charge in [-0.05, 0) is 70.6 Å². The van der Waals surface area contributed by atoms with Crippen molar-refractivity contribution in [3.63, 3.8) is 0 Å². The predicted molar refractivity (Wildman–Crippen MR) is 278 cm³/mol. The summed E-state index contributed by atoms with van der Waals surface area (Å²) in [6.07, 6.45) is 62.1. The number of carbonyl (C=O) groups excluding carboxylic acids is 2. The van der Waals surface area contributed by atoms with Crippen LogP contribution in [0.15, 0.2) is 36.5 Å². The van der Waals surface area contributed by atoms with Crippen LogP contribution in [0.5, 0.6) is 0 Å². The summed E-state index contributed by atoms with van der Waals surface area (Å²) in [4.78, 5) is 26.2. The number of rotatable bonds is 51. The Morgan fingerprint density at radius 3 is 1.23 bits per heavy atom. The number of carbonyl (C=O) groups is 2. The highest BCUT2D eigenvalue weighted by Crippen LogP contribution is 2.18. The molecule has 3 unspecified atom stereocenters. The zero-order valence-corrected chi connectivity index (χ0v) is 42.9. The fourth-order valence-electron chi connectivity index (χ4n) is 8.66. The summed E-state index contributed by atoms with van der Waals surface area (Å²) in [6.45, 7) is 6.49. The van der Waals surface area contributed by atoms with Crippen molar-refractivity contribution in [3.05, 3.63) is 36.5 Å². The lowest BCUT2D eigenvalue weighted by Gasteiger charge is -2.24. The molecular weight excluding hydrogens is 791 g/mol. The Labute approximate surface area is 398 Å². The fourth-order valence-corrected chi connectivity index (χ4v) is 8.66. The Morgan fingerprint density at radius 2 is 0.812 bits per heavy atom. The van der Waals surface area contributed by atoms with Crippen molar-refractivity contribution in [2.24, 2.45) is 0 Å². The number of allylic oxidation sites excluding steroid dienone is 6. The van der Waals surface area contributed by atoms with Gasteiger partial charge in [-0.2, -0.15) is 0 Å². The van der Waals surface area contributed by atoms with Gasteiger partial charge in [0, 0.05) is 6.42 Å². The zero-order valence-electron chi connectivity index (χ0n) is 42.9. The maximum absolute atomic E-state index is 13.2. The van der Waals surface area contributed by atoms with Gasteiger partial charge in [0.1, 0.15) is 6.10 Å². The first kappa shape index (κ1) is 62.1. The van der Waals surface area contributed by atoms with Gasteiger partial charge < -0.3 is 20.3 Å². The fraction of sp³-hybridized carbons (Fsp3) is 0.862. The SMILES string of the molecule is CCCCCCCC/C=C/CCCCCCCCCC(=O)OC(CCC/C=C/C=C/CCCCCCCCC)CC(=O)NC(CO)C(O)CCCCCCCCCCCCCCCC. The quantitative estimate of drug-likeness (QED) is 0.0245. The van der Waals surface area contributed by atoms with Crippen molar-refractivity contribution in [3.8, 4) is 0 Å². The first-order valence-corrected chi connectivity index (χ1v) is 28.2. The van der Waals surface area contributed by atoms with Crippen LogP contribution in [0, 0.1) is 0 Å². The standard InChI is InChI=1S/C58H109NO5/c1-4-7-10-13-16-19-22-25-28-29-30-33-36-39-42-45-48-51-58(63)64-54(49-46-43-40-37-34-31-26-23-20-17-14-11-8-5-2)52-57(62)59-55(53-60)56(61)50-47-44-41-38-35-32-27-24-21-18-15-12-9-6-3/h25,28,31,34,37,40,54-56,60-61H,4-24,26-27,29-30,32-33,35-36,38-39,41-53H2,1-3H3,(H,59,62)/b28-25+,34-31+,40-37+. The van der Waals surface area contributed by atoms with Gasteiger partial charge in [0.05, 0.1) is 25.2 Å². The van der Waals surface area contributed by atoms with Gasteiger partial charge in [0.15, 0.2) is 0 Å². The van der Waals surface area contributed by atoms with Gasteiger partial charge in [-0.1, -0.05) is 250 Å². The monoisotopic (exact) mass is 900 g/mol. The molecule has 0 rings (SSSR count). The van der Waals surface area contributed by atoms with Crippen LogP contribution in [0.25, 0.3) is 0 Å². The third-order valence-electron chi connectivity index (χ3n) is 13.0. The number of aliphatic hydroxyl groups is 2. The average Bonchev–Trinajstić information content (AvgIpc) is 3.29. The highest BCUT2D eigenvalue weighted by molar-refractivity contribution is 5.77. The molecule has 0 radical (unpaired) electrons. The lowest BCUT2D eigenvalue weighted by atomic mass is 10.0. The third kappa shape index (κ3) is 46.6. The van der Waals surface area contributed by atoms with E-state index in [-0.39, 0.29) is 24.9 Å². The highest BCUT2D eigenvalue weighted by Gasteiger charge is 2.24. The maximum Gasteiger partial charge on any atom is 0.306 e. The molecular formula is C58H109NO5. The smallest absolute Gasteiger partial charge is 0.306 e. The maximum atomic E-state index is 13.2. The summed E-state index contributed by atoms with van der Waals surface area (Å²) in [6, 6.07) is -0.715. The number of esters is 1. The number of nitrogens with one attached hydrogen (secondary N) is 1. The van der Waals surface area contributed by atoms with Gasteiger partial charge in [-0.15, -0.1) is 0 Å². The highest BCUT2D eigenvalue weighted by atomic mass is 16.5. The van der Waals surface area contributed by atoms with Crippen LogP contribution >= 0.6 is 0 Å². The van der Waals surface area contributed by atoms with Crippen LogP contribution in [-0.4, -0.2) is 46.9 Å². The molecule has 3 atom stereocenters. The van der Waals surface area contributed by atoms with Crippen molar-refractivity contribution >= 4 is 11.9 Å². The Bertz CT molecular complexity index is 1060. The number of ether oxygens (including phenoxy) is 1. The van der Waals surface area contributed by atoms with E-state index in [4.69, 9.17) is 4.74 Å². The number of amides is 1. The number of aliphatic hydroxyl groups excluding tert-OH is 2. The van der Waals surface area contributed by atoms with Crippen LogP contribution in [-0.2, 0) is 14.3 Å². The minimum absolute atomic E-state index is 0.0457. The molecule has 0 fully saturated rings. The molecule has 376 valence electrons. The number of hydrogen-bond donors (Lipinski definition) is 3. The molecule has 0 aliphatic heterocycles. The second-order valence-electron chi connectivity index (χ2n) is 19.4. The second-order valence-corrected chi connectivity index (χ2v) is 19.4. The first-order chi connectivity index (χ1) is 31.5. The molecule has 0 aromatic carbocycles. The minimum atomic E-state index is -0.798. The van der Waals surface area contributed by atoms with Gasteiger partial charge in [0.2, 0.25) is 5.91 Å². The summed E-state index contributed by atoms with van der Waals surface area (Å²) in [5, 5.41) is 23.8. The van der Waals surface area contributed by atoms with E-state index in [9.17, 15) is 19.8 Å². The van der Waals surface area contributed by atoms with Crippen molar-refractivity contribution in [2.45, 2.75) is 315 Å². The zero-order chi connectivity index (χ0) is 46.7. The van der Waals surface area contributed by atoms with Crippen LogP contribution in [0.4, 0.5) is 0 Å². The van der Waals surface area contributed by atoms with E-state index in [0.717, 1.165) is 57.8 Å². The summed E-state index contributed by atoms with van der Waals surface area (Å²) < 4.78 is 5.93. The average molecular weight is 901 g/mol. The van der Waals surface area contributed by atoms with Crippen LogP contribution in [0.3, 0.4) is 0 Å². The Morgan fingerprint density at radius 1 is 0.453 bits per heavy atom. The molecule has 1 amide bonds. The predicted octanol–water partition coefficient (Wildman–Crippen LogP) is 17.2. The molecule has 0 bridgehead atoms. The third-order valence-corrected chi connectivity index (χ3v) is 13.0. The topological polar surface area (TPSA) is 95.9 Å². The van der Waals surface area contributed by atoms with E-state index in [1.165, 1.54) is 193 Å². The summed E-state index contributed by atoms with van der Waals surface area (Å²) in [5.41, 5.74) is 0. The molecule has 6 heteroatoms. The van der Waals surface area contributed by atoms with Gasteiger partial charge >= 0.3 is 5.97 Å². The Kier molecular flexibility index (Phi) is 50.5. The van der Waals surface area contributed by atoms with E-state index < -0.39 is 18.2 Å². The lowest BCUT2D eigenvalue weighted by Crippen LogP contribution is -2.46. The van der Waals surface area contributed by atoms with Crippen molar-refractivity contribution in [2.75, 3.05) is 6.61 Å². The van der Waals surface area contributed by atoms with Gasteiger partial charge in [0.25, 0.3) is 0 Å². The molecule has 0 aromatic rings. The second kappa shape index (κ2) is 52.1. The number of unbranched alkanes of at least 4 members (excludes halogenated alkanes) is 34. The van der Waals surface area contributed by atoms with Crippen LogP contribution < -0.4 is 5.32 Å². The molecule has 0 aliphatic carbocycles. The Hall–Kier alpha value is -1.92. The molecule has 3 N–H and O–H groups in total. The van der Waals surface area contributed by atoms with Crippen molar-refractivity contribution in [1.82, 2.24) is 5.32 Å². The van der Waals surface area contributed by atoms with E-state index in [1.54, 1.807) is 0 Å². The molecule has 0 saturated heterocycles. The molecule has 0 heterocycles. The van der Waals surface area contributed by atoms with Crippen molar-refractivity contribution in [1.29, 1.82) is 0 Å². The molecule has 0 aromatic heterocycles. The molecule has 0 spiro atoms. The first-order valence-electron chi connectivity index (χ1n) is 28.2. The van der Waals surface area contributed by atoms with Gasteiger partial charge in [-0.25, -0.2) is 0 Å². The van der Waals surface area contributed by atoms with Crippen LogP contribution in [0.1, 0.15) is 297 Å². The molecule has 6 nitrogen and oxygen atoms in total. The van der Waals surface area contributed by atoms with Crippen LogP contribution in [0.2, 0.25) is 0 Å². The largest absolute Gasteiger partial charge is 0.462 e.